The van der Waals surface area contributed by atoms with E-state index in [9.17, 15) is 9.59 Å². The first-order chi connectivity index (χ1) is 34.4. The maximum atomic E-state index is 12.7. The number of carbonyl (C=O) groups is 2. The van der Waals surface area contributed by atoms with Gasteiger partial charge in [-0.05, 0) is 90.4 Å². The van der Waals surface area contributed by atoms with Gasteiger partial charge < -0.3 is 19.3 Å². The molecule has 6 heteroatoms. The molecule has 0 spiro atoms. The van der Waals surface area contributed by atoms with E-state index in [2.05, 4.69) is 51.6 Å². The average Bonchev–Trinajstić information content (AvgIpc) is 3.35. The highest BCUT2D eigenvalue weighted by Gasteiger charge is 2.14. The lowest BCUT2D eigenvalue weighted by atomic mass is 9.94. The van der Waals surface area contributed by atoms with Gasteiger partial charge in [-0.3, -0.25) is 9.59 Å². The third-order valence-electron chi connectivity index (χ3n) is 15.4. The third kappa shape index (κ3) is 53.2. The van der Waals surface area contributed by atoms with Crippen molar-refractivity contribution in [1.29, 1.82) is 0 Å². The fraction of sp³-hybridized carbons (Fsp3) is 0.969. The van der Waals surface area contributed by atoms with Crippen LogP contribution in [-0.2, 0) is 19.1 Å². The molecule has 0 N–H and O–H groups in total. The lowest BCUT2D eigenvalue weighted by molar-refractivity contribution is -0.146. The van der Waals surface area contributed by atoms with E-state index in [4.69, 9.17) is 9.47 Å². The highest BCUT2D eigenvalue weighted by Crippen LogP contribution is 2.23. The minimum atomic E-state index is 0.0388. The van der Waals surface area contributed by atoms with Crippen molar-refractivity contribution in [3.63, 3.8) is 0 Å². The lowest BCUT2D eigenvalue weighted by Gasteiger charge is -2.24. The second kappa shape index (κ2) is 57.1. The largest absolute Gasteiger partial charge is 0.465 e. The normalized spacial score (nSPS) is 12.6. The van der Waals surface area contributed by atoms with Gasteiger partial charge in [-0.25, -0.2) is 0 Å². The Morgan fingerprint density at radius 3 is 0.814 bits per heavy atom. The number of hydrogen-bond donors (Lipinski definition) is 0. The molecule has 0 saturated carbocycles. The van der Waals surface area contributed by atoms with Crippen LogP contribution in [0.2, 0.25) is 0 Å². The molecule has 0 heterocycles. The van der Waals surface area contributed by atoms with Gasteiger partial charge in [0.2, 0.25) is 0 Å². The zero-order chi connectivity index (χ0) is 51.1. The fourth-order valence-corrected chi connectivity index (χ4v) is 10.4. The summed E-state index contributed by atoms with van der Waals surface area (Å²) >= 11 is 0. The van der Waals surface area contributed by atoms with Gasteiger partial charge >= 0.3 is 11.9 Å². The van der Waals surface area contributed by atoms with Crippen LogP contribution in [0.25, 0.3) is 0 Å². The standard InChI is InChI=1S/C64H128N2O4/c1-7-11-15-19-23-27-35-43-51-61(49-41-33-21-17-13-9-3)59-69-63(67)53-45-37-29-25-31-39-47-55-66(58-57-65(5)6)56-48-40-32-26-30-38-46-54-64(68)70-60-62(50-42-34-22-18-14-10-4)52-44-36-28-24-20-16-12-8-2/h61-62H,7-60H2,1-6H3. The summed E-state index contributed by atoms with van der Waals surface area (Å²) in [4.78, 5) is 30.4. The third-order valence-corrected chi connectivity index (χ3v) is 15.4. The SMILES string of the molecule is CCCCCCCCCCC(CCCCCCCC)COC(=O)CCCCCCCCCN(CCCCCCCCCC(=O)OCC(CCCCCCCC)CCCCCCCCCC)CCN(C)C. The maximum absolute atomic E-state index is 12.7. The molecule has 0 amide bonds. The predicted octanol–water partition coefficient (Wildman–Crippen LogP) is 20.0. The minimum Gasteiger partial charge on any atom is -0.465 e. The van der Waals surface area contributed by atoms with Crippen LogP contribution < -0.4 is 0 Å². The summed E-state index contributed by atoms with van der Waals surface area (Å²) in [6.07, 6.45) is 61.0. The van der Waals surface area contributed by atoms with Gasteiger partial charge in [0, 0.05) is 25.9 Å². The van der Waals surface area contributed by atoms with Crippen LogP contribution in [-0.4, -0.2) is 75.2 Å². The molecule has 0 radical (unpaired) electrons. The Labute approximate surface area is 440 Å². The van der Waals surface area contributed by atoms with Gasteiger partial charge in [0.15, 0.2) is 0 Å². The molecule has 2 atom stereocenters. The Morgan fingerprint density at radius 2 is 0.543 bits per heavy atom. The topological polar surface area (TPSA) is 59.1 Å². The van der Waals surface area contributed by atoms with Crippen molar-refractivity contribution < 1.29 is 19.1 Å². The van der Waals surface area contributed by atoms with Crippen molar-refractivity contribution in [3.05, 3.63) is 0 Å². The summed E-state index contributed by atoms with van der Waals surface area (Å²) in [5.74, 6) is 1.18. The maximum Gasteiger partial charge on any atom is 0.305 e. The molecule has 0 aliphatic carbocycles. The number of unbranched alkanes of at least 4 members (excludes halogenated alkanes) is 36. The zero-order valence-electron chi connectivity index (χ0n) is 48.9. The van der Waals surface area contributed by atoms with E-state index < -0.39 is 0 Å². The van der Waals surface area contributed by atoms with E-state index in [1.807, 2.05) is 0 Å². The zero-order valence-corrected chi connectivity index (χ0v) is 48.9. The summed E-state index contributed by atoms with van der Waals surface area (Å²) in [5, 5.41) is 0. The number of carbonyl (C=O) groups excluding carboxylic acids is 2. The monoisotopic (exact) mass is 989 g/mol. The molecule has 0 fully saturated rings. The van der Waals surface area contributed by atoms with Crippen molar-refractivity contribution in [1.82, 2.24) is 9.80 Å². The Kier molecular flexibility index (Phi) is 56.2. The van der Waals surface area contributed by atoms with Crippen molar-refractivity contribution >= 4 is 11.9 Å². The number of ether oxygens (including phenoxy) is 2. The molecule has 0 saturated heterocycles. The van der Waals surface area contributed by atoms with Gasteiger partial charge in [0.25, 0.3) is 0 Å². The van der Waals surface area contributed by atoms with Crippen LogP contribution in [0.3, 0.4) is 0 Å². The highest BCUT2D eigenvalue weighted by molar-refractivity contribution is 5.69. The first kappa shape index (κ1) is 68.9. The molecule has 0 aromatic carbocycles. The molecule has 0 aromatic rings. The van der Waals surface area contributed by atoms with E-state index in [1.165, 1.54) is 283 Å². The van der Waals surface area contributed by atoms with Crippen LogP contribution in [0.1, 0.15) is 336 Å². The summed E-state index contributed by atoms with van der Waals surface area (Å²) < 4.78 is 11.8. The molecule has 2 unspecified atom stereocenters. The van der Waals surface area contributed by atoms with E-state index in [-0.39, 0.29) is 11.9 Å². The summed E-state index contributed by atoms with van der Waals surface area (Å²) in [5.41, 5.74) is 0. The van der Waals surface area contributed by atoms with Gasteiger partial charge in [-0.1, -0.05) is 272 Å². The molecule has 6 nitrogen and oxygen atoms in total. The van der Waals surface area contributed by atoms with Crippen LogP contribution >= 0.6 is 0 Å². The number of hydrogen-bond acceptors (Lipinski definition) is 6. The van der Waals surface area contributed by atoms with E-state index >= 15 is 0 Å². The first-order valence-electron chi connectivity index (χ1n) is 32.0. The average molecular weight is 990 g/mol. The van der Waals surface area contributed by atoms with Crippen molar-refractivity contribution in [3.8, 4) is 0 Å². The van der Waals surface area contributed by atoms with Gasteiger partial charge in [0.1, 0.15) is 0 Å². The molecule has 0 aliphatic heterocycles. The molecular formula is C64H128N2O4. The number of likely N-dealkylation sites (N-methyl/N-ethyl adjacent to an activating group) is 1. The molecule has 418 valence electrons. The fourth-order valence-electron chi connectivity index (χ4n) is 10.4. The quantitative estimate of drug-likeness (QED) is 0.0447. The molecule has 70 heavy (non-hydrogen) atoms. The van der Waals surface area contributed by atoms with Crippen LogP contribution in [0.4, 0.5) is 0 Å². The second-order valence-electron chi connectivity index (χ2n) is 22.8. The lowest BCUT2D eigenvalue weighted by Crippen LogP contribution is -2.33. The smallest absolute Gasteiger partial charge is 0.305 e. The Balaban J connectivity index is 4.21. The highest BCUT2D eigenvalue weighted by atomic mass is 16.5. The molecule has 0 bridgehead atoms. The Morgan fingerprint density at radius 1 is 0.300 bits per heavy atom. The first-order valence-corrected chi connectivity index (χ1v) is 32.0. The second-order valence-corrected chi connectivity index (χ2v) is 22.8. The Hall–Kier alpha value is -1.14. The molecule has 0 rings (SSSR count). The van der Waals surface area contributed by atoms with Gasteiger partial charge in [0.05, 0.1) is 13.2 Å². The Bertz CT molecular complexity index is 963. The number of nitrogens with zero attached hydrogens (tertiary/aromatic N) is 2. The van der Waals surface area contributed by atoms with Gasteiger partial charge in [-0.2, -0.15) is 0 Å². The van der Waals surface area contributed by atoms with Crippen molar-refractivity contribution in [2.75, 3.05) is 53.5 Å². The summed E-state index contributed by atoms with van der Waals surface area (Å²) in [6.45, 7) is 15.2. The van der Waals surface area contributed by atoms with Crippen molar-refractivity contribution in [2.45, 2.75) is 336 Å². The van der Waals surface area contributed by atoms with Crippen LogP contribution in [0.15, 0.2) is 0 Å². The molecular weight excluding hydrogens is 861 g/mol. The van der Waals surface area contributed by atoms with Crippen LogP contribution in [0, 0.1) is 11.8 Å². The van der Waals surface area contributed by atoms with Crippen molar-refractivity contribution in [2.24, 2.45) is 11.8 Å². The summed E-state index contributed by atoms with van der Waals surface area (Å²) in [6, 6.07) is 0. The minimum absolute atomic E-state index is 0.0388. The summed E-state index contributed by atoms with van der Waals surface area (Å²) in [7, 11) is 4.38. The predicted molar refractivity (Wildman–Crippen MR) is 308 cm³/mol. The van der Waals surface area contributed by atoms with Crippen LogP contribution in [0.5, 0.6) is 0 Å². The number of rotatable bonds is 59. The van der Waals surface area contributed by atoms with E-state index in [1.54, 1.807) is 0 Å². The van der Waals surface area contributed by atoms with E-state index in [0.29, 0.717) is 37.9 Å². The van der Waals surface area contributed by atoms with Gasteiger partial charge in [-0.15, -0.1) is 0 Å². The van der Waals surface area contributed by atoms with E-state index in [0.717, 1.165) is 38.8 Å². The molecule has 0 aliphatic rings. The number of esters is 2. The molecule has 0 aromatic heterocycles.